The standard InChI is InChI=1S/C22H24N6O/c1-27-13-15-11-14(3-5-19(15)26-27)21-24-20-6-4-17(12-18(20)22(29)25-21)28(2)16-7-9-23-10-8-16/h3-6,11-13,16,23H,7-10H2,1-2H3,(H,24,25,29). The lowest BCUT2D eigenvalue weighted by Crippen LogP contribution is -2.41. The van der Waals surface area contributed by atoms with Crippen LogP contribution in [0.3, 0.4) is 0 Å². The van der Waals surface area contributed by atoms with Crippen molar-refractivity contribution < 1.29 is 0 Å². The molecule has 3 heterocycles. The number of nitrogens with one attached hydrogen (secondary N) is 2. The first kappa shape index (κ1) is 17.9. The molecule has 0 bridgehead atoms. The number of anilines is 1. The molecule has 0 spiro atoms. The molecule has 0 atom stereocenters. The van der Waals surface area contributed by atoms with E-state index in [1.807, 2.05) is 43.6 Å². The highest BCUT2D eigenvalue weighted by molar-refractivity contribution is 5.86. The number of hydrogen-bond donors (Lipinski definition) is 2. The summed E-state index contributed by atoms with van der Waals surface area (Å²) < 4.78 is 1.78. The smallest absolute Gasteiger partial charge is 0.259 e. The van der Waals surface area contributed by atoms with E-state index in [4.69, 9.17) is 4.98 Å². The van der Waals surface area contributed by atoms with Gasteiger partial charge in [-0.1, -0.05) is 0 Å². The normalized spacial score (nSPS) is 15.2. The number of rotatable bonds is 3. The van der Waals surface area contributed by atoms with Crippen LogP contribution >= 0.6 is 0 Å². The van der Waals surface area contributed by atoms with E-state index in [9.17, 15) is 4.79 Å². The van der Waals surface area contributed by atoms with E-state index in [0.717, 1.165) is 48.1 Å². The van der Waals surface area contributed by atoms with Gasteiger partial charge in [0.2, 0.25) is 0 Å². The summed E-state index contributed by atoms with van der Waals surface area (Å²) in [5.41, 5.74) is 3.45. The van der Waals surface area contributed by atoms with E-state index in [1.54, 1.807) is 4.68 Å². The van der Waals surface area contributed by atoms with Gasteiger partial charge in [-0.15, -0.1) is 0 Å². The minimum atomic E-state index is -0.114. The highest BCUT2D eigenvalue weighted by Crippen LogP contribution is 2.25. The molecule has 0 saturated carbocycles. The number of aromatic amines is 1. The largest absolute Gasteiger partial charge is 0.371 e. The number of hydrogen-bond acceptors (Lipinski definition) is 5. The topological polar surface area (TPSA) is 78.8 Å². The van der Waals surface area contributed by atoms with Gasteiger partial charge in [0, 0.05) is 43.0 Å². The Morgan fingerprint density at radius 3 is 2.72 bits per heavy atom. The number of aromatic nitrogens is 4. The molecule has 1 aliphatic rings. The average molecular weight is 388 g/mol. The van der Waals surface area contributed by atoms with Crippen molar-refractivity contribution in [2.45, 2.75) is 18.9 Å². The summed E-state index contributed by atoms with van der Waals surface area (Å²) in [4.78, 5) is 22.8. The Bertz CT molecular complexity index is 1250. The molecule has 7 heteroatoms. The van der Waals surface area contributed by atoms with Crippen LogP contribution in [-0.2, 0) is 7.05 Å². The van der Waals surface area contributed by atoms with Crippen molar-refractivity contribution in [1.29, 1.82) is 0 Å². The highest BCUT2D eigenvalue weighted by atomic mass is 16.1. The van der Waals surface area contributed by atoms with E-state index in [0.29, 0.717) is 22.8 Å². The van der Waals surface area contributed by atoms with Gasteiger partial charge in [0.15, 0.2) is 0 Å². The summed E-state index contributed by atoms with van der Waals surface area (Å²) in [6.07, 6.45) is 4.18. The highest BCUT2D eigenvalue weighted by Gasteiger charge is 2.19. The maximum atomic E-state index is 12.9. The first-order valence-corrected chi connectivity index (χ1v) is 10.00. The zero-order valence-corrected chi connectivity index (χ0v) is 16.6. The molecule has 2 aromatic heterocycles. The molecule has 7 nitrogen and oxygen atoms in total. The monoisotopic (exact) mass is 388 g/mol. The van der Waals surface area contributed by atoms with Gasteiger partial charge in [-0.05, 0) is 62.3 Å². The van der Waals surface area contributed by atoms with E-state index in [1.165, 1.54) is 0 Å². The number of benzene rings is 2. The Labute approximate surface area is 168 Å². The summed E-state index contributed by atoms with van der Waals surface area (Å²) in [5, 5.41) is 9.43. The third kappa shape index (κ3) is 3.27. The first-order chi connectivity index (χ1) is 14.1. The Balaban J connectivity index is 1.53. The molecule has 0 unspecified atom stereocenters. The van der Waals surface area contributed by atoms with Gasteiger partial charge in [0.25, 0.3) is 5.56 Å². The lowest BCUT2D eigenvalue weighted by Gasteiger charge is -2.33. The van der Waals surface area contributed by atoms with Crippen LogP contribution in [0, 0.1) is 0 Å². The molecule has 1 aliphatic heterocycles. The molecule has 2 N–H and O–H groups in total. The fourth-order valence-electron chi connectivity index (χ4n) is 4.18. The molecule has 29 heavy (non-hydrogen) atoms. The maximum absolute atomic E-state index is 12.9. The van der Waals surface area contributed by atoms with Crippen molar-refractivity contribution in [3.63, 3.8) is 0 Å². The fourth-order valence-corrected chi connectivity index (χ4v) is 4.18. The summed E-state index contributed by atoms with van der Waals surface area (Å²) in [7, 11) is 4.00. The van der Waals surface area contributed by atoms with Gasteiger partial charge in [-0.25, -0.2) is 4.98 Å². The van der Waals surface area contributed by atoms with Crippen molar-refractivity contribution in [3.8, 4) is 11.4 Å². The molecule has 5 rings (SSSR count). The predicted molar refractivity (Wildman–Crippen MR) is 116 cm³/mol. The van der Waals surface area contributed by atoms with Crippen LogP contribution in [0.1, 0.15) is 12.8 Å². The number of piperidine rings is 1. The lowest BCUT2D eigenvalue weighted by molar-refractivity contribution is 0.443. The van der Waals surface area contributed by atoms with Crippen molar-refractivity contribution in [2.75, 3.05) is 25.0 Å². The van der Waals surface area contributed by atoms with E-state index < -0.39 is 0 Å². The number of H-pyrrole nitrogens is 1. The Hall–Kier alpha value is -3.19. The predicted octanol–water partition coefficient (Wildman–Crippen LogP) is 2.67. The minimum absolute atomic E-state index is 0.114. The molecular formula is C22H24N6O. The average Bonchev–Trinajstić information content (AvgIpc) is 3.12. The van der Waals surface area contributed by atoms with Crippen molar-refractivity contribution in [2.24, 2.45) is 7.05 Å². The molecule has 1 fully saturated rings. The van der Waals surface area contributed by atoms with Gasteiger partial charge in [0.1, 0.15) is 5.82 Å². The third-order valence-electron chi connectivity index (χ3n) is 5.84. The van der Waals surface area contributed by atoms with Crippen LogP contribution in [0.4, 0.5) is 5.69 Å². The Kier molecular flexibility index (Phi) is 4.32. The number of aryl methyl sites for hydroxylation is 1. The van der Waals surface area contributed by atoms with Crippen LogP contribution in [0.15, 0.2) is 47.4 Å². The molecule has 0 amide bonds. The zero-order chi connectivity index (χ0) is 20.0. The van der Waals surface area contributed by atoms with Crippen LogP contribution in [0.25, 0.3) is 33.2 Å². The molecule has 4 aromatic rings. The van der Waals surface area contributed by atoms with Crippen LogP contribution in [0.2, 0.25) is 0 Å². The van der Waals surface area contributed by atoms with Gasteiger partial charge >= 0.3 is 0 Å². The molecule has 2 aromatic carbocycles. The SMILES string of the molecule is CN(c1ccc2nc(-c3ccc4nn(C)cc4c3)[nH]c(=O)c2c1)C1CCNCC1. The molecule has 0 radical (unpaired) electrons. The summed E-state index contributed by atoms with van der Waals surface area (Å²) >= 11 is 0. The van der Waals surface area contributed by atoms with Crippen molar-refractivity contribution in [1.82, 2.24) is 25.1 Å². The van der Waals surface area contributed by atoms with Crippen LogP contribution in [0.5, 0.6) is 0 Å². The molecule has 0 aliphatic carbocycles. The Morgan fingerprint density at radius 1 is 1.10 bits per heavy atom. The van der Waals surface area contributed by atoms with E-state index >= 15 is 0 Å². The van der Waals surface area contributed by atoms with E-state index in [2.05, 4.69) is 33.4 Å². The summed E-state index contributed by atoms with van der Waals surface area (Å²) in [5.74, 6) is 0.577. The Morgan fingerprint density at radius 2 is 1.90 bits per heavy atom. The third-order valence-corrected chi connectivity index (χ3v) is 5.84. The zero-order valence-electron chi connectivity index (χ0n) is 16.6. The molecule has 148 valence electrons. The number of fused-ring (bicyclic) bond motifs is 2. The first-order valence-electron chi connectivity index (χ1n) is 10.00. The summed E-state index contributed by atoms with van der Waals surface area (Å²) in [6.45, 7) is 2.07. The quantitative estimate of drug-likeness (QED) is 0.564. The second-order valence-corrected chi connectivity index (χ2v) is 7.78. The second-order valence-electron chi connectivity index (χ2n) is 7.78. The van der Waals surface area contributed by atoms with E-state index in [-0.39, 0.29) is 5.56 Å². The summed E-state index contributed by atoms with van der Waals surface area (Å²) in [6, 6.07) is 12.4. The van der Waals surface area contributed by atoms with Gasteiger partial charge in [-0.2, -0.15) is 5.10 Å². The van der Waals surface area contributed by atoms with Crippen molar-refractivity contribution >= 4 is 27.5 Å². The molecule has 1 saturated heterocycles. The number of nitrogens with zero attached hydrogens (tertiary/aromatic N) is 4. The van der Waals surface area contributed by atoms with Gasteiger partial charge < -0.3 is 15.2 Å². The van der Waals surface area contributed by atoms with Crippen LogP contribution in [-0.4, -0.2) is 45.9 Å². The minimum Gasteiger partial charge on any atom is -0.371 e. The lowest BCUT2D eigenvalue weighted by atomic mass is 10.0. The van der Waals surface area contributed by atoms with Crippen molar-refractivity contribution in [3.05, 3.63) is 52.9 Å². The van der Waals surface area contributed by atoms with Gasteiger partial charge in [0.05, 0.1) is 16.4 Å². The van der Waals surface area contributed by atoms with Gasteiger partial charge in [-0.3, -0.25) is 9.48 Å². The second kappa shape index (κ2) is 7.00. The van der Waals surface area contributed by atoms with Crippen LogP contribution < -0.4 is 15.8 Å². The maximum Gasteiger partial charge on any atom is 0.259 e. The fraction of sp³-hybridized carbons (Fsp3) is 0.318. The molecular weight excluding hydrogens is 364 g/mol.